The van der Waals surface area contributed by atoms with E-state index in [1.165, 1.54) is 99.7 Å². The van der Waals surface area contributed by atoms with Crippen molar-refractivity contribution in [3.63, 3.8) is 0 Å². The van der Waals surface area contributed by atoms with E-state index in [-0.39, 0.29) is 5.41 Å². The van der Waals surface area contributed by atoms with Crippen LogP contribution in [0.1, 0.15) is 25.0 Å². The maximum absolute atomic E-state index is 6.71. The van der Waals surface area contributed by atoms with Gasteiger partial charge in [-0.3, -0.25) is 0 Å². The van der Waals surface area contributed by atoms with E-state index in [1.54, 1.807) is 0 Å². The molecule has 2 aromatic heterocycles. The molecule has 0 aliphatic carbocycles. The largest absolute Gasteiger partial charge is 0.455 e. The smallest absolute Gasteiger partial charge is 0.143 e. The monoisotopic (exact) mass is 983 g/mol. The summed E-state index contributed by atoms with van der Waals surface area (Å²) in [5.41, 5.74) is 24.2. The van der Waals surface area contributed by atoms with Gasteiger partial charge >= 0.3 is 0 Å². The van der Waals surface area contributed by atoms with Gasteiger partial charge in [-0.25, -0.2) is 0 Å². The standard InChI is InChI=1S/C75H53NO/c1-75(2,59-44-41-53(42-45-59)51-31-29-50(30-32-51)52-33-37-56(38-34-52)63-22-10-12-24-65(63)64-23-11-9-21-62(64)55-17-5-3-6-18-55)60-48-68(74-70(49-60)67-26-14-16-28-73(67)77-74)57-39-35-54(36-40-57)58-43-46-72-69(47-58)66-25-13-15-27-71(66)76(72)61-19-7-4-8-20-61/h3-49H,1-2H3. The maximum atomic E-state index is 6.71. The summed E-state index contributed by atoms with van der Waals surface area (Å²) in [5, 5.41) is 4.75. The zero-order valence-electron chi connectivity index (χ0n) is 43.0. The van der Waals surface area contributed by atoms with Crippen LogP contribution in [0.2, 0.25) is 0 Å². The van der Waals surface area contributed by atoms with Crippen LogP contribution in [0, 0.1) is 0 Å². The van der Waals surface area contributed by atoms with E-state index >= 15 is 0 Å². The third-order valence-electron chi connectivity index (χ3n) is 16.0. The highest BCUT2D eigenvalue weighted by molar-refractivity contribution is 6.12. The molecular formula is C75H53NO. The molecule has 0 amide bonds. The van der Waals surface area contributed by atoms with Crippen LogP contribution in [0.5, 0.6) is 0 Å². The molecule has 364 valence electrons. The Bertz CT molecular complexity index is 4460. The zero-order valence-corrected chi connectivity index (χ0v) is 43.0. The fourth-order valence-corrected chi connectivity index (χ4v) is 11.8. The number of hydrogen-bond acceptors (Lipinski definition) is 1. The number of fused-ring (bicyclic) bond motifs is 6. The molecular weight excluding hydrogens is 931 g/mol. The number of para-hydroxylation sites is 3. The Kier molecular flexibility index (Phi) is 11.2. The molecule has 12 aromatic carbocycles. The predicted octanol–water partition coefficient (Wildman–Crippen LogP) is 20.7. The van der Waals surface area contributed by atoms with E-state index in [2.05, 4.69) is 304 Å². The van der Waals surface area contributed by atoms with Crippen LogP contribution >= 0.6 is 0 Å². The van der Waals surface area contributed by atoms with Gasteiger partial charge in [0.1, 0.15) is 11.2 Å². The third-order valence-corrected chi connectivity index (χ3v) is 16.0. The van der Waals surface area contributed by atoms with Crippen molar-refractivity contribution in [2.45, 2.75) is 19.3 Å². The number of nitrogens with zero attached hydrogens (tertiary/aromatic N) is 1. The molecule has 0 bridgehead atoms. The van der Waals surface area contributed by atoms with Crippen molar-refractivity contribution in [1.29, 1.82) is 0 Å². The molecule has 0 aliphatic heterocycles. The average molecular weight is 984 g/mol. The number of hydrogen-bond donors (Lipinski definition) is 0. The van der Waals surface area contributed by atoms with Gasteiger partial charge < -0.3 is 8.98 Å². The van der Waals surface area contributed by atoms with Gasteiger partial charge in [0.15, 0.2) is 0 Å². The van der Waals surface area contributed by atoms with Gasteiger partial charge in [0, 0.05) is 38.2 Å². The molecule has 2 nitrogen and oxygen atoms in total. The molecule has 0 aliphatic rings. The first kappa shape index (κ1) is 45.8. The van der Waals surface area contributed by atoms with Crippen LogP contribution in [-0.2, 0) is 5.41 Å². The minimum atomic E-state index is -0.310. The quantitative estimate of drug-likeness (QED) is 0.134. The van der Waals surface area contributed by atoms with Gasteiger partial charge in [0.25, 0.3) is 0 Å². The van der Waals surface area contributed by atoms with Crippen molar-refractivity contribution in [2.24, 2.45) is 0 Å². The first-order valence-corrected chi connectivity index (χ1v) is 26.6. The lowest BCUT2D eigenvalue weighted by Crippen LogP contribution is -2.19. The predicted molar refractivity (Wildman–Crippen MR) is 325 cm³/mol. The minimum Gasteiger partial charge on any atom is -0.455 e. The second-order valence-corrected chi connectivity index (χ2v) is 20.8. The molecule has 0 radical (unpaired) electrons. The maximum Gasteiger partial charge on any atom is 0.143 e. The molecule has 0 N–H and O–H groups in total. The lowest BCUT2D eigenvalue weighted by Gasteiger charge is -2.27. The molecule has 14 rings (SSSR count). The minimum absolute atomic E-state index is 0.310. The van der Waals surface area contributed by atoms with Crippen molar-refractivity contribution >= 4 is 43.7 Å². The Hall–Kier alpha value is -9.76. The van der Waals surface area contributed by atoms with Crippen LogP contribution in [-0.4, -0.2) is 4.57 Å². The molecule has 0 spiro atoms. The summed E-state index contributed by atoms with van der Waals surface area (Å²) in [6.45, 7) is 4.68. The molecule has 0 saturated carbocycles. The van der Waals surface area contributed by atoms with Gasteiger partial charge in [0.2, 0.25) is 0 Å². The van der Waals surface area contributed by atoms with E-state index in [1.807, 2.05) is 0 Å². The average Bonchev–Trinajstić information content (AvgIpc) is 4.14. The Labute approximate surface area is 449 Å². The molecule has 0 fully saturated rings. The molecule has 0 unspecified atom stereocenters. The number of benzene rings is 12. The highest BCUT2D eigenvalue weighted by Crippen LogP contribution is 2.44. The van der Waals surface area contributed by atoms with Crippen molar-refractivity contribution < 1.29 is 4.42 Å². The Morgan fingerprint density at radius 1 is 0.273 bits per heavy atom. The van der Waals surface area contributed by atoms with E-state index in [9.17, 15) is 0 Å². The van der Waals surface area contributed by atoms with Gasteiger partial charge in [0.05, 0.1) is 11.0 Å². The topological polar surface area (TPSA) is 18.1 Å². The van der Waals surface area contributed by atoms with E-state index in [4.69, 9.17) is 4.42 Å². The molecule has 14 aromatic rings. The summed E-state index contributed by atoms with van der Waals surface area (Å²) >= 11 is 0. The normalized spacial score (nSPS) is 11.8. The van der Waals surface area contributed by atoms with Crippen LogP contribution in [0.25, 0.3) is 127 Å². The molecule has 0 saturated heterocycles. The summed E-state index contributed by atoms with van der Waals surface area (Å²) < 4.78 is 9.08. The van der Waals surface area contributed by atoms with Crippen LogP contribution in [0.15, 0.2) is 290 Å². The van der Waals surface area contributed by atoms with Crippen molar-refractivity contribution in [1.82, 2.24) is 4.57 Å². The first-order valence-electron chi connectivity index (χ1n) is 26.6. The van der Waals surface area contributed by atoms with E-state index < -0.39 is 0 Å². The second-order valence-electron chi connectivity index (χ2n) is 20.8. The summed E-state index contributed by atoms with van der Waals surface area (Å²) in [6.07, 6.45) is 0. The van der Waals surface area contributed by atoms with Crippen molar-refractivity contribution in [3.8, 4) is 83.6 Å². The number of aromatic nitrogens is 1. The van der Waals surface area contributed by atoms with Gasteiger partial charge in [-0.05, 0) is 132 Å². The number of furan rings is 1. The van der Waals surface area contributed by atoms with E-state index in [0.29, 0.717) is 0 Å². The van der Waals surface area contributed by atoms with E-state index in [0.717, 1.165) is 38.8 Å². The van der Waals surface area contributed by atoms with Crippen LogP contribution < -0.4 is 0 Å². The molecule has 2 heterocycles. The molecule has 0 atom stereocenters. The second kappa shape index (κ2) is 18.9. The summed E-state index contributed by atoms with van der Waals surface area (Å²) in [5.74, 6) is 0. The summed E-state index contributed by atoms with van der Waals surface area (Å²) in [4.78, 5) is 0. The number of rotatable bonds is 10. The Balaban J connectivity index is 0.737. The summed E-state index contributed by atoms with van der Waals surface area (Å²) in [6, 6.07) is 104. The van der Waals surface area contributed by atoms with Crippen molar-refractivity contribution in [2.75, 3.05) is 0 Å². The van der Waals surface area contributed by atoms with Crippen LogP contribution in [0.3, 0.4) is 0 Å². The third kappa shape index (κ3) is 8.14. The SMILES string of the molecule is CC(C)(c1ccc(-c2ccc(-c3ccc(-c4ccccc4-c4ccccc4-c4ccccc4)cc3)cc2)cc1)c1cc(-c2ccc(-c3ccc4c(c3)c3ccccc3n4-c3ccccc3)cc2)c2oc3ccccc3c2c1. The first-order chi connectivity index (χ1) is 37.9. The molecule has 2 heteroatoms. The zero-order chi connectivity index (χ0) is 51.5. The highest BCUT2D eigenvalue weighted by Gasteiger charge is 2.27. The Morgan fingerprint density at radius 3 is 1.31 bits per heavy atom. The fraction of sp³-hybridized carbons (Fsp3) is 0.0400. The lowest BCUT2D eigenvalue weighted by molar-refractivity contribution is 0.640. The fourth-order valence-electron chi connectivity index (χ4n) is 11.8. The Morgan fingerprint density at radius 2 is 0.701 bits per heavy atom. The molecule has 77 heavy (non-hydrogen) atoms. The highest BCUT2D eigenvalue weighted by atomic mass is 16.3. The lowest BCUT2D eigenvalue weighted by atomic mass is 9.76. The van der Waals surface area contributed by atoms with Crippen molar-refractivity contribution in [3.05, 3.63) is 296 Å². The van der Waals surface area contributed by atoms with Crippen LogP contribution in [0.4, 0.5) is 0 Å². The van der Waals surface area contributed by atoms with Gasteiger partial charge in [-0.2, -0.15) is 0 Å². The van der Waals surface area contributed by atoms with Gasteiger partial charge in [-0.1, -0.05) is 250 Å². The summed E-state index contributed by atoms with van der Waals surface area (Å²) in [7, 11) is 0. The van der Waals surface area contributed by atoms with Gasteiger partial charge in [-0.15, -0.1) is 0 Å².